The number of nitrogens with one attached hydrogen (secondary N) is 1. The predicted octanol–water partition coefficient (Wildman–Crippen LogP) is 3.74. The molecule has 0 amide bonds. The fraction of sp³-hybridized carbons (Fsp3) is 0.435. The molecule has 2 aliphatic rings. The van der Waals surface area contributed by atoms with E-state index in [1.807, 2.05) is 40.6 Å². The van der Waals surface area contributed by atoms with Crippen LogP contribution in [0.4, 0.5) is 0 Å². The lowest BCUT2D eigenvalue weighted by atomic mass is 9.96. The third-order valence-corrected chi connectivity index (χ3v) is 7.69. The number of imidazole rings is 1. The van der Waals surface area contributed by atoms with Gasteiger partial charge in [0.25, 0.3) is 0 Å². The number of aryl methyl sites for hydroxylation is 1. The molecule has 0 radical (unpaired) electrons. The molecule has 5 nitrogen and oxygen atoms in total. The quantitative estimate of drug-likeness (QED) is 0.689. The Morgan fingerprint density at radius 3 is 2.79 bits per heavy atom. The molecule has 6 heteroatoms. The first-order chi connectivity index (χ1) is 14.1. The normalized spacial score (nSPS) is 20.1. The van der Waals surface area contributed by atoms with E-state index in [-0.39, 0.29) is 17.8 Å². The number of aromatic amines is 1. The summed E-state index contributed by atoms with van der Waals surface area (Å²) in [4.78, 5) is 19.2. The van der Waals surface area contributed by atoms with E-state index in [2.05, 4.69) is 35.0 Å². The number of aliphatic hydroxyl groups excluding tert-OH is 1. The molecule has 1 fully saturated rings. The number of nitrogens with zero attached hydrogens (tertiary/aromatic N) is 2. The summed E-state index contributed by atoms with van der Waals surface area (Å²) >= 11 is 1.90. The maximum Gasteiger partial charge on any atom is 0.326 e. The lowest BCUT2D eigenvalue weighted by molar-refractivity contribution is 0.0385. The van der Waals surface area contributed by atoms with Gasteiger partial charge in [-0.2, -0.15) is 0 Å². The molecule has 2 N–H and O–H groups in total. The lowest BCUT2D eigenvalue weighted by Crippen LogP contribution is -2.44. The summed E-state index contributed by atoms with van der Waals surface area (Å²) in [6.07, 6.45) is 2.44. The Hall–Kier alpha value is -2.02. The predicted molar refractivity (Wildman–Crippen MR) is 118 cm³/mol. The maximum atomic E-state index is 12.5. The molecule has 152 valence electrons. The first kappa shape index (κ1) is 19.0. The number of likely N-dealkylation sites (tertiary alicyclic amines) is 1. The Morgan fingerprint density at radius 2 is 1.97 bits per heavy atom. The number of para-hydroxylation sites is 2. The van der Waals surface area contributed by atoms with Crippen molar-refractivity contribution < 1.29 is 5.11 Å². The van der Waals surface area contributed by atoms with Gasteiger partial charge in [0, 0.05) is 35.8 Å². The van der Waals surface area contributed by atoms with Crippen molar-refractivity contribution in [3.63, 3.8) is 0 Å². The van der Waals surface area contributed by atoms with Crippen LogP contribution < -0.4 is 5.69 Å². The van der Waals surface area contributed by atoms with Gasteiger partial charge in [0.2, 0.25) is 0 Å². The van der Waals surface area contributed by atoms with Crippen molar-refractivity contribution in [2.75, 3.05) is 18.8 Å². The van der Waals surface area contributed by atoms with Crippen LogP contribution in [-0.4, -0.2) is 44.4 Å². The molecule has 0 aliphatic carbocycles. The highest BCUT2D eigenvalue weighted by Crippen LogP contribution is 2.35. The Balaban J connectivity index is 1.28. The molecule has 29 heavy (non-hydrogen) atoms. The second-order valence-corrected chi connectivity index (χ2v) is 9.37. The van der Waals surface area contributed by atoms with E-state index in [9.17, 15) is 9.90 Å². The molecule has 1 saturated heterocycles. The number of H-pyrrole nitrogens is 1. The minimum Gasteiger partial charge on any atom is -0.387 e. The number of fused-ring (bicyclic) bond motifs is 2. The zero-order valence-electron chi connectivity index (χ0n) is 16.7. The van der Waals surface area contributed by atoms with Gasteiger partial charge in [-0.15, -0.1) is 11.8 Å². The van der Waals surface area contributed by atoms with Crippen LogP contribution in [0, 0.1) is 0 Å². The fourth-order valence-electron chi connectivity index (χ4n) is 4.86. The molecule has 5 rings (SSSR count). The number of piperidine rings is 1. The summed E-state index contributed by atoms with van der Waals surface area (Å²) in [6.45, 7) is 3.89. The standard InChI is InChI=1S/C23H27N3O2S/c1-15(22(27)17-6-7-21-16(14-17)10-13-29-21)25-11-8-18(9-12-25)26-20-5-3-2-4-19(20)24-23(26)28/h2-7,14-15,18,22,27H,8-13H2,1H3,(H,24,28). The Morgan fingerprint density at radius 1 is 1.17 bits per heavy atom. The third kappa shape index (κ3) is 3.43. The van der Waals surface area contributed by atoms with E-state index in [1.54, 1.807) is 0 Å². The largest absolute Gasteiger partial charge is 0.387 e. The zero-order chi connectivity index (χ0) is 20.0. The Kier molecular flexibility index (Phi) is 5.02. The molecule has 1 aromatic heterocycles. The van der Waals surface area contributed by atoms with Crippen LogP contribution >= 0.6 is 11.8 Å². The maximum absolute atomic E-state index is 12.5. The van der Waals surface area contributed by atoms with Crippen LogP contribution in [0.3, 0.4) is 0 Å². The number of aromatic nitrogens is 2. The van der Waals surface area contributed by atoms with Gasteiger partial charge in [-0.3, -0.25) is 9.47 Å². The van der Waals surface area contributed by atoms with Crippen molar-refractivity contribution in [2.45, 2.75) is 49.3 Å². The van der Waals surface area contributed by atoms with Crippen LogP contribution in [-0.2, 0) is 6.42 Å². The van der Waals surface area contributed by atoms with E-state index < -0.39 is 6.10 Å². The molecule has 2 atom stereocenters. The second-order valence-electron chi connectivity index (χ2n) is 8.24. The van der Waals surface area contributed by atoms with Gasteiger partial charge in [0.05, 0.1) is 17.1 Å². The highest BCUT2D eigenvalue weighted by atomic mass is 32.2. The second kappa shape index (κ2) is 7.67. The van der Waals surface area contributed by atoms with Crippen LogP contribution in [0.5, 0.6) is 0 Å². The lowest BCUT2D eigenvalue weighted by Gasteiger charge is -2.38. The molecule has 2 aliphatic heterocycles. The van der Waals surface area contributed by atoms with E-state index in [0.29, 0.717) is 0 Å². The topological polar surface area (TPSA) is 61.3 Å². The summed E-state index contributed by atoms with van der Waals surface area (Å²) in [5.74, 6) is 1.14. The van der Waals surface area contributed by atoms with E-state index in [0.717, 1.165) is 54.7 Å². The van der Waals surface area contributed by atoms with Crippen LogP contribution in [0.25, 0.3) is 11.0 Å². The SMILES string of the molecule is CC(C(O)c1ccc2c(c1)CCS2)N1CCC(n2c(=O)[nH]c3ccccc32)CC1. The van der Waals surface area contributed by atoms with Crippen molar-refractivity contribution >= 4 is 22.8 Å². The number of hydrogen-bond donors (Lipinski definition) is 2. The van der Waals surface area contributed by atoms with Gasteiger partial charge in [-0.1, -0.05) is 24.3 Å². The molecule has 0 bridgehead atoms. The molecular weight excluding hydrogens is 382 g/mol. The van der Waals surface area contributed by atoms with E-state index in [1.165, 1.54) is 10.5 Å². The fourth-order valence-corrected chi connectivity index (χ4v) is 5.91. The van der Waals surface area contributed by atoms with Crippen LogP contribution in [0.15, 0.2) is 52.2 Å². The number of hydrogen-bond acceptors (Lipinski definition) is 4. The molecule has 3 aromatic rings. The molecular formula is C23H27N3O2S. The van der Waals surface area contributed by atoms with E-state index >= 15 is 0 Å². The van der Waals surface area contributed by atoms with E-state index in [4.69, 9.17) is 0 Å². The third-order valence-electron chi connectivity index (χ3n) is 6.58. The Labute approximate surface area is 174 Å². The Bertz CT molecular complexity index is 1080. The van der Waals surface area contributed by atoms with Crippen molar-refractivity contribution in [3.8, 4) is 0 Å². The van der Waals surface area contributed by atoms with Gasteiger partial charge < -0.3 is 10.1 Å². The molecule has 0 spiro atoms. The molecule has 3 heterocycles. The highest BCUT2D eigenvalue weighted by molar-refractivity contribution is 7.99. The highest BCUT2D eigenvalue weighted by Gasteiger charge is 2.30. The van der Waals surface area contributed by atoms with Crippen molar-refractivity contribution in [1.82, 2.24) is 14.5 Å². The smallest absolute Gasteiger partial charge is 0.326 e. The van der Waals surface area contributed by atoms with Crippen molar-refractivity contribution in [3.05, 3.63) is 64.1 Å². The molecule has 2 aromatic carbocycles. The molecule has 2 unspecified atom stereocenters. The first-order valence-corrected chi connectivity index (χ1v) is 11.5. The number of rotatable bonds is 4. The van der Waals surface area contributed by atoms with Gasteiger partial charge in [0.1, 0.15) is 0 Å². The number of benzene rings is 2. The van der Waals surface area contributed by atoms with Gasteiger partial charge in [0.15, 0.2) is 0 Å². The van der Waals surface area contributed by atoms with Crippen molar-refractivity contribution in [1.29, 1.82) is 0 Å². The summed E-state index contributed by atoms with van der Waals surface area (Å²) < 4.78 is 1.92. The minimum absolute atomic E-state index is 0.0197. The first-order valence-electron chi connectivity index (χ1n) is 10.5. The number of aliphatic hydroxyl groups is 1. The summed E-state index contributed by atoms with van der Waals surface area (Å²) in [7, 11) is 0. The van der Waals surface area contributed by atoms with Crippen LogP contribution in [0.2, 0.25) is 0 Å². The average molecular weight is 410 g/mol. The average Bonchev–Trinajstić information content (AvgIpc) is 3.35. The van der Waals surface area contributed by atoms with Gasteiger partial charge in [-0.25, -0.2) is 4.79 Å². The molecule has 0 saturated carbocycles. The summed E-state index contributed by atoms with van der Waals surface area (Å²) in [5.41, 5.74) is 4.26. The van der Waals surface area contributed by atoms with Gasteiger partial charge in [-0.05, 0) is 55.5 Å². The number of thioether (sulfide) groups is 1. The van der Waals surface area contributed by atoms with Gasteiger partial charge >= 0.3 is 5.69 Å². The summed E-state index contributed by atoms with van der Waals surface area (Å²) in [5, 5.41) is 11.0. The van der Waals surface area contributed by atoms with Crippen LogP contribution in [0.1, 0.15) is 43.0 Å². The minimum atomic E-state index is -0.488. The zero-order valence-corrected chi connectivity index (χ0v) is 17.5. The van der Waals surface area contributed by atoms with Crippen molar-refractivity contribution in [2.24, 2.45) is 0 Å². The summed E-state index contributed by atoms with van der Waals surface area (Å²) in [6, 6.07) is 14.6. The monoisotopic (exact) mass is 409 g/mol.